The van der Waals surface area contributed by atoms with Crippen LogP contribution in [0.2, 0.25) is 0 Å². The first-order chi connectivity index (χ1) is 12.8. The van der Waals surface area contributed by atoms with Gasteiger partial charge in [-0.15, -0.1) is 0 Å². The summed E-state index contributed by atoms with van der Waals surface area (Å²) in [5, 5.41) is 25.4. The van der Waals surface area contributed by atoms with Gasteiger partial charge in [-0.1, -0.05) is 0 Å². The van der Waals surface area contributed by atoms with Crippen LogP contribution >= 0.6 is 0 Å². The molecule has 1 heterocycles. The predicted molar refractivity (Wildman–Crippen MR) is 95.4 cm³/mol. The van der Waals surface area contributed by atoms with E-state index in [1.807, 2.05) is 24.4 Å². The fraction of sp³-hybridized carbons (Fsp3) is 0.389. The van der Waals surface area contributed by atoms with E-state index in [-0.39, 0.29) is 0 Å². The molecule has 1 aliphatic heterocycles. The molecule has 2 rings (SSSR count). The Morgan fingerprint density at radius 1 is 1.00 bits per heavy atom. The summed E-state index contributed by atoms with van der Waals surface area (Å²) in [7, 11) is 5.41. The second-order valence-electron chi connectivity index (χ2n) is 5.59. The summed E-state index contributed by atoms with van der Waals surface area (Å²) < 4.78 is 10.5. The zero-order valence-electron chi connectivity index (χ0n) is 15.6. The number of carbonyl (C=O) groups excluding carboxylic acids is 2. The second-order valence-corrected chi connectivity index (χ2v) is 5.59. The number of carbonyl (C=O) groups is 2. The number of hydrazone groups is 1. The maximum atomic E-state index is 9.41. The number of benzene rings is 1. The largest absolute Gasteiger partial charge is 0.545 e. The summed E-state index contributed by atoms with van der Waals surface area (Å²) in [6.07, 6.45) is 2.64. The van der Waals surface area contributed by atoms with Crippen molar-refractivity contribution in [3.05, 3.63) is 35.9 Å². The molecule has 1 aliphatic rings. The molecule has 1 aromatic rings. The Kier molecular flexibility index (Phi) is 9.38. The van der Waals surface area contributed by atoms with Crippen LogP contribution in [0.3, 0.4) is 0 Å². The van der Waals surface area contributed by atoms with Crippen molar-refractivity contribution in [2.24, 2.45) is 5.10 Å². The van der Waals surface area contributed by atoms with E-state index in [1.54, 1.807) is 14.2 Å². The quantitative estimate of drug-likeness (QED) is 0.426. The summed E-state index contributed by atoms with van der Waals surface area (Å²) in [4.78, 5) is 21.1. The fourth-order valence-corrected chi connectivity index (χ4v) is 2.13. The third-order valence-electron chi connectivity index (χ3n) is 3.61. The first-order valence-corrected chi connectivity index (χ1v) is 8.15. The second kappa shape index (κ2) is 11.5. The Labute approximate surface area is 158 Å². The summed E-state index contributed by atoms with van der Waals surface area (Å²) in [5.41, 5.74) is 1.01. The van der Waals surface area contributed by atoms with Gasteiger partial charge in [-0.05, 0) is 43.0 Å². The number of rotatable bonds is 6. The van der Waals surface area contributed by atoms with Gasteiger partial charge in [0.15, 0.2) is 11.5 Å². The van der Waals surface area contributed by atoms with Crippen LogP contribution in [0.25, 0.3) is 0 Å². The average molecular weight is 377 g/mol. The number of methoxy groups -OCH3 is 2. The maximum absolute atomic E-state index is 9.41. The molecular formula is C18H23N3O6-2. The van der Waals surface area contributed by atoms with Gasteiger partial charge in [0.1, 0.15) is 0 Å². The van der Waals surface area contributed by atoms with Gasteiger partial charge < -0.3 is 34.2 Å². The molecule has 0 saturated carbocycles. The van der Waals surface area contributed by atoms with Crippen molar-refractivity contribution in [2.45, 2.75) is 0 Å². The minimum atomic E-state index is -1.55. The summed E-state index contributed by atoms with van der Waals surface area (Å²) in [5.74, 6) is -1.63. The van der Waals surface area contributed by atoms with Gasteiger partial charge in [0, 0.05) is 26.2 Å². The van der Waals surface area contributed by atoms with E-state index in [1.165, 1.54) is 0 Å². The first-order valence-electron chi connectivity index (χ1n) is 8.15. The molecule has 9 nitrogen and oxygen atoms in total. The van der Waals surface area contributed by atoms with E-state index >= 15 is 0 Å². The number of aliphatic carboxylic acids is 2. The highest BCUT2D eigenvalue weighted by atomic mass is 16.5. The fourth-order valence-electron chi connectivity index (χ4n) is 2.13. The number of ether oxygens (including phenoxy) is 2. The minimum Gasteiger partial charge on any atom is -0.545 e. The van der Waals surface area contributed by atoms with Crippen LogP contribution in [0.4, 0.5) is 0 Å². The lowest BCUT2D eigenvalue weighted by atomic mass is 10.2. The lowest BCUT2D eigenvalue weighted by Crippen LogP contribution is -2.41. The highest BCUT2D eigenvalue weighted by Gasteiger charge is 2.11. The number of carboxylic acids is 2. The maximum Gasteiger partial charge on any atom is 0.161 e. The van der Waals surface area contributed by atoms with Crippen molar-refractivity contribution in [3.63, 3.8) is 0 Å². The van der Waals surface area contributed by atoms with Crippen LogP contribution in [-0.4, -0.2) is 75.5 Å². The Balaban J connectivity index is 0.000000387. The molecule has 0 unspecified atom stereocenters. The average Bonchev–Trinajstić information content (AvgIpc) is 2.66. The van der Waals surface area contributed by atoms with E-state index in [4.69, 9.17) is 9.47 Å². The zero-order chi connectivity index (χ0) is 20.2. The van der Waals surface area contributed by atoms with Crippen molar-refractivity contribution in [1.82, 2.24) is 9.91 Å². The van der Waals surface area contributed by atoms with Crippen LogP contribution in [0.15, 0.2) is 35.5 Å². The molecule has 27 heavy (non-hydrogen) atoms. The first kappa shape index (κ1) is 22.0. The third kappa shape index (κ3) is 8.73. The molecule has 9 heteroatoms. The highest BCUT2D eigenvalue weighted by molar-refractivity contribution is 5.87. The van der Waals surface area contributed by atoms with Crippen molar-refractivity contribution in [1.29, 1.82) is 0 Å². The molecule has 0 bridgehead atoms. The van der Waals surface area contributed by atoms with Gasteiger partial charge in [0.25, 0.3) is 0 Å². The summed E-state index contributed by atoms with van der Waals surface area (Å²) >= 11 is 0. The van der Waals surface area contributed by atoms with Crippen LogP contribution in [0.5, 0.6) is 11.5 Å². The van der Waals surface area contributed by atoms with Crippen LogP contribution in [-0.2, 0) is 9.59 Å². The van der Waals surface area contributed by atoms with Crippen molar-refractivity contribution in [2.75, 3.05) is 47.4 Å². The van der Waals surface area contributed by atoms with Gasteiger partial charge in [0.05, 0.1) is 32.4 Å². The molecular weight excluding hydrogens is 354 g/mol. The molecule has 0 amide bonds. The molecule has 1 saturated heterocycles. The van der Waals surface area contributed by atoms with Crippen LogP contribution in [0.1, 0.15) is 5.56 Å². The van der Waals surface area contributed by atoms with Crippen molar-refractivity contribution < 1.29 is 29.3 Å². The molecule has 0 atom stereocenters. The molecule has 0 radical (unpaired) electrons. The van der Waals surface area contributed by atoms with Gasteiger partial charge in [-0.3, -0.25) is 5.01 Å². The number of hydrogen-bond donors (Lipinski definition) is 0. The van der Waals surface area contributed by atoms with Crippen molar-refractivity contribution >= 4 is 18.2 Å². The topological polar surface area (TPSA) is 118 Å². The molecule has 0 spiro atoms. The van der Waals surface area contributed by atoms with Crippen molar-refractivity contribution in [3.8, 4) is 11.5 Å². The Hall–Kier alpha value is -3.07. The molecule has 0 aromatic heterocycles. The Bertz CT molecular complexity index is 666. The van der Waals surface area contributed by atoms with E-state index in [0.29, 0.717) is 12.2 Å². The van der Waals surface area contributed by atoms with E-state index in [0.717, 1.165) is 43.2 Å². The minimum absolute atomic E-state index is 0.384. The summed E-state index contributed by atoms with van der Waals surface area (Å²) in [6, 6.07) is 5.80. The predicted octanol–water partition coefficient (Wildman–Crippen LogP) is -1.67. The normalized spacial score (nSPS) is 14.7. The Morgan fingerprint density at radius 3 is 2.04 bits per heavy atom. The van der Waals surface area contributed by atoms with Gasteiger partial charge >= 0.3 is 0 Å². The number of likely N-dealkylation sites (N-methyl/N-ethyl adjacent to an activating group) is 1. The Morgan fingerprint density at radius 2 is 1.56 bits per heavy atom. The molecule has 0 aliphatic carbocycles. The zero-order valence-corrected chi connectivity index (χ0v) is 15.6. The van der Waals surface area contributed by atoms with Gasteiger partial charge in [0.2, 0.25) is 0 Å². The lowest BCUT2D eigenvalue weighted by molar-refractivity contribution is -0.301. The number of hydrogen-bond acceptors (Lipinski definition) is 9. The standard InChI is InChI=1S/C14H21N3O2.C4H4O4/c1-16-6-8-17(9-7-16)15-11-12-4-5-13(18-2)14(10-12)19-3;5-3(6)1-2-4(7)8/h4-5,10-11H,6-9H2,1-3H3;1-2H,(H,5,6)(H,7,8)/p-2/b15-11+;2-1-. The molecule has 1 fully saturated rings. The van der Waals surface area contributed by atoms with Gasteiger partial charge in [-0.2, -0.15) is 5.10 Å². The van der Waals surface area contributed by atoms with Gasteiger partial charge in [-0.25, -0.2) is 0 Å². The molecule has 148 valence electrons. The molecule has 1 aromatic carbocycles. The van der Waals surface area contributed by atoms with E-state index in [2.05, 4.69) is 22.1 Å². The number of nitrogens with zero attached hydrogens (tertiary/aromatic N) is 3. The van der Waals surface area contributed by atoms with Crippen LogP contribution in [0, 0.1) is 0 Å². The van der Waals surface area contributed by atoms with E-state index < -0.39 is 11.9 Å². The lowest BCUT2D eigenvalue weighted by Gasteiger charge is -2.30. The molecule has 0 N–H and O–H groups in total. The van der Waals surface area contributed by atoms with Crippen LogP contribution < -0.4 is 19.7 Å². The number of piperazine rings is 1. The highest BCUT2D eigenvalue weighted by Crippen LogP contribution is 2.26. The van der Waals surface area contributed by atoms with E-state index in [9.17, 15) is 19.8 Å². The SMILES string of the molecule is COc1ccc(/C=N/N2CCN(C)CC2)cc1OC.O=C([O-])/C=C\C(=O)[O-]. The summed E-state index contributed by atoms with van der Waals surface area (Å²) in [6.45, 7) is 4.06. The monoisotopic (exact) mass is 377 g/mol. The number of carboxylic acid groups (broad SMARTS) is 2. The smallest absolute Gasteiger partial charge is 0.161 e. The third-order valence-corrected chi connectivity index (χ3v) is 3.61.